The van der Waals surface area contributed by atoms with Crippen molar-refractivity contribution in [1.29, 1.82) is 0 Å². The van der Waals surface area contributed by atoms with Crippen LogP contribution in [0, 0.1) is 12.8 Å². The largest absolute Gasteiger partial charge is 0.480 e. The van der Waals surface area contributed by atoms with Gasteiger partial charge in [0.05, 0.1) is 0 Å². The fourth-order valence-corrected chi connectivity index (χ4v) is 1.98. The van der Waals surface area contributed by atoms with Gasteiger partial charge < -0.3 is 10.4 Å². The van der Waals surface area contributed by atoms with Crippen molar-refractivity contribution < 1.29 is 19.5 Å². The smallest absolute Gasteiger partial charge is 0.326 e. The van der Waals surface area contributed by atoms with Crippen LogP contribution in [-0.4, -0.2) is 28.8 Å². The lowest BCUT2D eigenvalue weighted by atomic mass is 9.94. The Kier molecular flexibility index (Phi) is 3.14. The third-order valence-electron chi connectivity index (χ3n) is 3.06. The zero-order valence-electron chi connectivity index (χ0n) is 9.84. The van der Waals surface area contributed by atoms with E-state index in [0.29, 0.717) is 5.56 Å². The van der Waals surface area contributed by atoms with Crippen molar-refractivity contribution in [2.75, 3.05) is 0 Å². The number of rotatable bonds is 3. The molecule has 2 atom stereocenters. The molecule has 5 nitrogen and oxygen atoms in total. The normalized spacial score (nSPS) is 22.6. The number of carbonyl (C=O) groups excluding carboxylic acids is 2. The molecule has 1 aliphatic rings. The average molecular weight is 247 g/mol. The number of nitrogens with one attached hydrogen (secondary N) is 1. The maximum absolute atomic E-state index is 12.1. The summed E-state index contributed by atoms with van der Waals surface area (Å²) >= 11 is 0. The Morgan fingerprint density at radius 2 is 1.89 bits per heavy atom. The zero-order chi connectivity index (χ0) is 13.3. The lowest BCUT2D eigenvalue weighted by Crippen LogP contribution is -2.33. The summed E-state index contributed by atoms with van der Waals surface area (Å²) in [6.45, 7) is 1.90. The summed E-state index contributed by atoms with van der Waals surface area (Å²) in [4.78, 5) is 34.4. The lowest BCUT2D eigenvalue weighted by molar-refractivity contribution is -0.140. The van der Waals surface area contributed by atoms with Gasteiger partial charge in [0.15, 0.2) is 5.78 Å². The maximum Gasteiger partial charge on any atom is 0.326 e. The van der Waals surface area contributed by atoms with Gasteiger partial charge in [0.1, 0.15) is 12.0 Å². The summed E-state index contributed by atoms with van der Waals surface area (Å²) in [6.07, 6.45) is 0.0148. The topological polar surface area (TPSA) is 83.5 Å². The van der Waals surface area contributed by atoms with Gasteiger partial charge in [0, 0.05) is 5.56 Å². The molecule has 1 aliphatic heterocycles. The van der Waals surface area contributed by atoms with E-state index in [1.54, 1.807) is 24.3 Å². The predicted octanol–water partition coefficient (Wildman–Crippen LogP) is 0.767. The second-order valence-electron chi connectivity index (χ2n) is 4.42. The van der Waals surface area contributed by atoms with Crippen molar-refractivity contribution in [3.05, 3.63) is 35.4 Å². The molecule has 2 rings (SSSR count). The van der Waals surface area contributed by atoms with Crippen LogP contribution in [0.3, 0.4) is 0 Å². The van der Waals surface area contributed by atoms with Gasteiger partial charge in [0.25, 0.3) is 0 Å². The van der Waals surface area contributed by atoms with Crippen LogP contribution in [0.5, 0.6) is 0 Å². The highest BCUT2D eigenvalue weighted by atomic mass is 16.4. The number of aliphatic carboxylic acids is 1. The third-order valence-corrected chi connectivity index (χ3v) is 3.06. The number of aryl methyl sites for hydroxylation is 1. The van der Waals surface area contributed by atoms with Gasteiger partial charge in [-0.2, -0.15) is 0 Å². The van der Waals surface area contributed by atoms with Crippen molar-refractivity contribution in [3.8, 4) is 0 Å². The lowest BCUT2D eigenvalue weighted by Gasteiger charge is -2.06. The van der Waals surface area contributed by atoms with E-state index in [-0.39, 0.29) is 12.2 Å². The van der Waals surface area contributed by atoms with Crippen LogP contribution in [0.25, 0.3) is 0 Å². The molecule has 5 heteroatoms. The predicted molar refractivity (Wildman–Crippen MR) is 63.2 cm³/mol. The fraction of sp³-hybridized carbons (Fsp3) is 0.308. The number of Topliss-reactive ketones (excluding diaryl/α,β-unsaturated/α-hetero) is 1. The first-order valence-electron chi connectivity index (χ1n) is 5.63. The molecule has 1 unspecified atom stereocenters. The quantitative estimate of drug-likeness (QED) is 0.610. The molecule has 1 saturated heterocycles. The molecule has 0 spiro atoms. The second kappa shape index (κ2) is 4.60. The van der Waals surface area contributed by atoms with E-state index in [4.69, 9.17) is 5.11 Å². The van der Waals surface area contributed by atoms with Crippen LogP contribution < -0.4 is 5.32 Å². The summed E-state index contributed by atoms with van der Waals surface area (Å²) in [5.74, 6) is -2.83. The molecule has 1 heterocycles. The standard InChI is InChI=1S/C13H13NO4/c1-7-2-4-8(5-3-7)11(15)9-6-10(13(17)18)14-12(9)16/h2-5,9-10H,6H2,1H3,(H,14,16)(H,17,18)/t9?,10-/m0/s1. The summed E-state index contributed by atoms with van der Waals surface area (Å²) in [7, 11) is 0. The molecule has 18 heavy (non-hydrogen) atoms. The fourth-order valence-electron chi connectivity index (χ4n) is 1.98. The first-order chi connectivity index (χ1) is 8.49. The molecule has 1 fully saturated rings. The number of carboxylic acid groups (broad SMARTS) is 1. The van der Waals surface area contributed by atoms with Crippen LogP contribution in [0.15, 0.2) is 24.3 Å². The van der Waals surface area contributed by atoms with E-state index in [1.165, 1.54) is 0 Å². The average Bonchev–Trinajstić information content (AvgIpc) is 2.71. The summed E-state index contributed by atoms with van der Waals surface area (Å²) in [5, 5.41) is 11.1. The summed E-state index contributed by atoms with van der Waals surface area (Å²) in [6, 6.07) is 5.92. The Labute approximate surface area is 104 Å². The van der Waals surface area contributed by atoms with E-state index in [9.17, 15) is 14.4 Å². The van der Waals surface area contributed by atoms with Crippen molar-refractivity contribution in [2.45, 2.75) is 19.4 Å². The van der Waals surface area contributed by atoms with Crippen LogP contribution >= 0.6 is 0 Å². The molecule has 0 aromatic heterocycles. The molecule has 1 aromatic rings. The molecule has 0 aliphatic carbocycles. The number of ketones is 1. The monoisotopic (exact) mass is 247 g/mol. The second-order valence-corrected chi connectivity index (χ2v) is 4.42. The Morgan fingerprint density at radius 3 is 2.39 bits per heavy atom. The SMILES string of the molecule is Cc1ccc(C(=O)C2C[C@@H](C(=O)O)NC2=O)cc1. The van der Waals surface area contributed by atoms with Gasteiger partial charge in [-0.1, -0.05) is 29.8 Å². The minimum atomic E-state index is -1.11. The molecule has 2 N–H and O–H groups in total. The number of carboxylic acids is 1. The van der Waals surface area contributed by atoms with Crippen molar-refractivity contribution in [3.63, 3.8) is 0 Å². The highest BCUT2D eigenvalue weighted by molar-refractivity contribution is 6.12. The molecule has 1 aromatic carbocycles. The molecular weight excluding hydrogens is 234 g/mol. The van der Waals surface area contributed by atoms with Gasteiger partial charge in [-0.15, -0.1) is 0 Å². The van der Waals surface area contributed by atoms with Gasteiger partial charge in [0.2, 0.25) is 5.91 Å². The molecule has 94 valence electrons. The van der Waals surface area contributed by atoms with Gasteiger partial charge in [-0.3, -0.25) is 9.59 Å². The highest BCUT2D eigenvalue weighted by Gasteiger charge is 2.40. The molecule has 0 bridgehead atoms. The molecule has 1 amide bonds. The number of hydrogen-bond acceptors (Lipinski definition) is 3. The van der Waals surface area contributed by atoms with Crippen LogP contribution in [0.4, 0.5) is 0 Å². The van der Waals surface area contributed by atoms with Crippen LogP contribution in [-0.2, 0) is 9.59 Å². The van der Waals surface area contributed by atoms with Gasteiger partial charge in [-0.25, -0.2) is 4.79 Å². The first-order valence-corrected chi connectivity index (χ1v) is 5.63. The van der Waals surface area contributed by atoms with E-state index in [2.05, 4.69) is 5.32 Å². The maximum atomic E-state index is 12.1. The van der Waals surface area contributed by atoms with Gasteiger partial charge >= 0.3 is 5.97 Å². The van der Waals surface area contributed by atoms with E-state index >= 15 is 0 Å². The minimum Gasteiger partial charge on any atom is -0.480 e. The minimum absolute atomic E-state index is 0.0148. The van der Waals surface area contributed by atoms with Crippen LogP contribution in [0.2, 0.25) is 0 Å². The van der Waals surface area contributed by atoms with Gasteiger partial charge in [-0.05, 0) is 13.3 Å². The number of carbonyl (C=O) groups is 3. The van der Waals surface area contributed by atoms with E-state index in [1.807, 2.05) is 6.92 Å². The Morgan fingerprint density at radius 1 is 1.28 bits per heavy atom. The third kappa shape index (κ3) is 2.25. The van der Waals surface area contributed by atoms with Crippen molar-refractivity contribution in [1.82, 2.24) is 5.32 Å². The van der Waals surface area contributed by atoms with Crippen molar-refractivity contribution in [2.24, 2.45) is 5.92 Å². The Balaban J connectivity index is 2.17. The molecule has 0 saturated carbocycles. The number of benzene rings is 1. The molecular formula is C13H13NO4. The zero-order valence-corrected chi connectivity index (χ0v) is 9.84. The van der Waals surface area contributed by atoms with Crippen molar-refractivity contribution >= 4 is 17.7 Å². The highest BCUT2D eigenvalue weighted by Crippen LogP contribution is 2.21. The van der Waals surface area contributed by atoms with E-state index < -0.39 is 23.8 Å². The molecule has 0 radical (unpaired) electrons. The first kappa shape index (κ1) is 12.3. The number of hydrogen-bond donors (Lipinski definition) is 2. The Bertz CT molecular complexity index is 506. The Hall–Kier alpha value is -2.17. The van der Waals surface area contributed by atoms with E-state index in [0.717, 1.165) is 5.56 Å². The van der Waals surface area contributed by atoms with Crippen LogP contribution in [0.1, 0.15) is 22.3 Å². The number of amides is 1. The summed E-state index contributed by atoms with van der Waals surface area (Å²) < 4.78 is 0. The summed E-state index contributed by atoms with van der Waals surface area (Å²) in [5.41, 5.74) is 1.46.